The van der Waals surface area contributed by atoms with E-state index >= 15 is 0 Å². The van der Waals surface area contributed by atoms with E-state index in [4.69, 9.17) is 4.74 Å². The molecule has 0 bridgehead atoms. The van der Waals surface area contributed by atoms with Crippen molar-refractivity contribution in [3.05, 3.63) is 95.7 Å². The van der Waals surface area contributed by atoms with Crippen LogP contribution in [0.2, 0.25) is 0 Å². The summed E-state index contributed by atoms with van der Waals surface area (Å²) >= 11 is 0. The highest BCUT2D eigenvalue weighted by atomic mass is 16.5. The summed E-state index contributed by atoms with van der Waals surface area (Å²) in [6, 6.07) is 23.3. The average Bonchev–Trinajstić information content (AvgIpc) is 2.62. The SMILES string of the molecule is O=C(COc1ccccn1)c1cccc(Cc2ccccc2)c1. The fourth-order valence-corrected chi connectivity index (χ4v) is 2.34. The lowest BCUT2D eigenvalue weighted by molar-refractivity contribution is 0.0918. The fraction of sp³-hybridized carbons (Fsp3) is 0.100. The number of ketones is 1. The normalized spacial score (nSPS) is 10.3. The number of nitrogens with zero attached hydrogens (tertiary/aromatic N) is 1. The zero-order valence-electron chi connectivity index (χ0n) is 12.7. The van der Waals surface area contributed by atoms with E-state index in [0.29, 0.717) is 11.4 Å². The van der Waals surface area contributed by atoms with Crippen molar-refractivity contribution >= 4 is 5.78 Å². The van der Waals surface area contributed by atoms with E-state index in [1.807, 2.05) is 54.6 Å². The van der Waals surface area contributed by atoms with Gasteiger partial charge >= 0.3 is 0 Å². The Labute approximate surface area is 135 Å². The van der Waals surface area contributed by atoms with Gasteiger partial charge in [-0.1, -0.05) is 54.6 Å². The number of ether oxygens (including phenoxy) is 1. The summed E-state index contributed by atoms with van der Waals surface area (Å²) < 4.78 is 5.42. The molecule has 23 heavy (non-hydrogen) atoms. The summed E-state index contributed by atoms with van der Waals surface area (Å²) in [5.74, 6) is 0.409. The molecule has 0 saturated heterocycles. The molecule has 114 valence electrons. The van der Waals surface area contributed by atoms with Crippen LogP contribution in [0, 0.1) is 0 Å². The molecule has 0 N–H and O–H groups in total. The molecule has 0 radical (unpaired) electrons. The maximum atomic E-state index is 12.3. The summed E-state index contributed by atoms with van der Waals surface area (Å²) in [6.45, 7) is -0.00813. The molecule has 2 aromatic carbocycles. The highest BCUT2D eigenvalue weighted by Crippen LogP contribution is 2.12. The minimum absolute atomic E-state index is 0.00813. The Morgan fingerprint density at radius 1 is 0.870 bits per heavy atom. The molecule has 0 aliphatic heterocycles. The van der Waals surface area contributed by atoms with Gasteiger partial charge in [-0.2, -0.15) is 0 Å². The van der Waals surface area contributed by atoms with Gasteiger partial charge in [-0.15, -0.1) is 0 Å². The third-order valence-corrected chi connectivity index (χ3v) is 3.49. The Hall–Kier alpha value is -2.94. The first-order valence-corrected chi connectivity index (χ1v) is 7.51. The minimum atomic E-state index is -0.0504. The number of Topliss-reactive ketones (excluding diaryl/α,β-unsaturated/α-hetero) is 1. The average molecular weight is 303 g/mol. The second-order valence-electron chi connectivity index (χ2n) is 5.24. The van der Waals surface area contributed by atoms with Crippen LogP contribution >= 0.6 is 0 Å². The van der Waals surface area contributed by atoms with Crippen LogP contribution in [0.4, 0.5) is 0 Å². The zero-order valence-corrected chi connectivity index (χ0v) is 12.7. The van der Waals surface area contributed by atoms with Crippen molar-refractivity contribution in [2.24, 2.45) is 0 Å². The van der Waals surface area contributed by atoms with Crippen LogP contribution in [0.5, 0.6) is 5.88 Å². The second-order valence-corrected chi connectivity index (χ2v) is 5.24. The molecular formula is C20H17NO2. The van der Waals surface area contributed by atoms with E-state index in [1.165, 1.54) is 5.56 Å². The van der Waals surface area contributed by atoms with E-state index in [1.54, 1.807) is 12.3 Å². The van der Waals surface area contributed by atoms with Gasteiger partial charge in [0.15, 0.2) is 12.4 Å². The molecule has 0 aliphatic carbocycles. The first-order chi connectivity index (χ1) is 11.3. The van der Waals surface area contributed by atoms with E-state index < -0.39 is 0 Å². The summed E-state index contributed by atoms with van der Waals surface area (Å²) in [6.07, 6.45) is 2.45. The number of hydrogen-bond donors (Lipinski definition) is 0. The first-order valence-electron chi connectivity index (χ1n) is 7.51. The molecule has 0 spiro atoms. The third-order valence-electron chi connectivity index (χ3n) is 3.49. The number of aromatic nitrogens is 1. The van der Waals surface area contributed by atoms with Gasteiger partial charge in [-0.3, -0.25) is 4.79 Å². The lowest BCUT2D eigenvalue weighted by Gasteiger charge is -2.06. The molecule has 3 heteroatoms. The molecule has 3 aromatic rings. The summed E-state index contributed by atoms with van der Waals surface area (Å²) in [5.41, 5.74) is 3.00. The van der Waals surface area contributed by atoms with Crippen molar-refractivity contribution in [1.82, 2.24) is 4.98 Å². The number of rotatable bonds is 6. The van der Waals surface area contributed by atoms with Gasteiger partial charge in [0.05, 0.1) is 0 Å². The summed E-state index contributed by atoms with van der Waals surface area (Å²) in [5, 5.41) is 0. The zero-order chi connectivity index (χ0) is 15.9. The van der Waals surface area contributed by atoms with Crippen molar-refractivity contribution in [2.75, 3.05) is 6.61 Å². The molecule has 0 atom stereocenters. The van der Waals surface area contributed by atoms with Crippen LogP contribution < -0.4 is 4.74 Å². The molecule has 3 rings (SSSR count). The Morgan fingerprint density at radius 2 is 1.65 bits per heavy atom. The molecular weight excluding hydrogens is 286 g/mol. The van der Waals surface area contributed by atoms with Gasteiger partial charge in [0, 0.05) is 17.8 Å². The van der Waals surface area contributed by atoms with E-state index in [2.05, 4.69) is 17.1 Å². The van der Waals surface area contributed by atoms with Gasteiger partial charge in [0.1, 0.15) is 0 Å². The predicted octanol–water partition coefficient (Wildman–Crippen LogP) is 3.93. The standard InChI is InChI=1S/C20H17NO2/c22-19(15-23-20-11-4-5-12-21-20)18-10-6-9-17(14-18)13-16-7-2-1-3-8-16/h1-12,14H,13,15H2. The van der Waals surface area contributed by atoms with Crippen molar-refractivity contribution in [3.63, 3.8) is 0 Å². The molecule has 3 nitrogen and oxygen atoms in total. The highest BCUT2D eigenvalue weighted by Gasteiger charge is 2.08. The van der Waals surface area contributed by atoms with Gasteiger partial charge in [0.25, 0.3) is 0 Å². The third kappa shape index (κ3) is 4.27. The fourth-order valence-electron chi connectivity index (χ4n) is 2.34. The maximum absolute atomic E-state index is 12.3. The van der Waals surface area contributed by atoms with Crippen LogP contribution in [0.3, 0.4) is 0 Å². The Morgan fingerprint density at radius 3 is 2.43 bits per heavy atom. The van der Waals surface area contributed by atoms with Crippen molar-refractivity contribution < 1.29 is 9.53 Å². The molecule has 0 unspecified atom stereocenters. The Bertz CT molecular complexity index is 770. The molecule has 0 aliphatic rings. The van der Waals surface area contributed by atoms with Crippen LogP contribution in [0.15, 0.2) is 79.0 Å². The number of carbonyl (C=O) groups excluding carboxylic acids is 1. The topological polar surface area (TPSA) is 39.2 Å². The Balaban J connectivity index is 1.65. The Kier molecular flexibility index (Phi) is 4.79. The number of pyridine rings is 1. The summed E-state index contributed by atoms with van der Waals surface area (Å²) in [7, 11) is 0. The van der Waals surface area contributed by atoms with Crippen molar-refractivity contribution in [3.8, 4) is 5.88 Å². The van der Waals surface area contributed by atoms with E-state index in [-0.39, 0.29) is 12.4 Å². The highest BCUT2D eigenvalue weighted by molar-refractivity contribution is 5.97. The first kappa shape index (κ1) is 15.0. The van der Waals surface area contributed by atoms with Crippen LogP contribution in [-0.2, 0) is 6.42 Å². The monoisotopic (exact) mass is 303 g/mol. The molecule has 0 fully saturated rings. The largest absolute Gasteiger partial charge is 0.469 e. The predicted molar refractivity (Wildman–Crippen MR) is 89.8 cm³/mol. The summed E-state index contributed by atoms with van der Waals surface area (Å²) in [4.78, 5) is 16.3. The smallest absolute Gasteiger partial charge is 0.213 e. The molecule has 0 saturated carbocycles. The van der Waals surface area contributed by atoms with Gasteiger partial charge in [-0.05, 0) is 29.7 Å². The molecule has 1 heterocycles. The maximum Gasteiger partial charge on any atom is 0.213 e. The van der Waals surface area contributed by atoms with Gasteiger partial charge in [0.2, 0.25) is 5.88 Å². The van der Waals surface area contributed by atoms with E-state index in [9.17, 15) is 4.79 Å². The lowest BCUT2D eigenvalue weighted by Crippen LogP contribution is -2.12. The van der Waals surface area contributed by atoms with Crippen LogP contribution in [0.25, 0.3) is 0 Å². The van der Waals surface area contributed by atoms with E-state index in [0.717, 1.165) is 12.0 Å². The van der Waals surface area contributed by atoms with Gasteiger partial charge < -0.3 is 4.74 Å². The number of benzene rings is 2. The second kappa shape index (κ2) is 7.36. The van der Waals surface area contributed by atoms with Crippen molar-refractivity contribution in [2.45, 2.75) is 6.42 Å². The number of hydrogen-bond acceptors (Lipinski definition) is 3. The number of carbonyl (C=O) groups is 1. The molecule has 0 amide bonds. The van der Waals surface area contributed by atoms with Crippen LogP contribution in [-0.4, -0.2) is 17.4 Å². The lowest BCUT2D eigenvalue weighted by atomic mass is 10.0. The minimum Gasteiger partial charge on any atom is -0.469 e. The van der Waals surface area contributed by atoms with Crippen molar-refractivity contribution in [1.29, 1.82) is 0 Å². The van der Waals surface area contributed by atoms with Crippen LogP contribution in [0.1, 0.15) is 21.5 Å². The quantitative estimate of drug-likeness (QED) is 0.648. The van der Waals surface area contributed by atoms with Gasteiger partial charge in [-0.25, -0.2) is 4.98 Å². The molecule has 1 aromatic heterocycles.